The second kappa shape index (κ2) is 6.18. The van der Waals surface area contributed by atoms with Gasteiger partial charge in [0.25, 0.3) is 0 Å². The number of carbonyl (C=O) groups is 2. The van der Waals surface area contributed by atoms with Gasteiger partial charge >= 0.3 is 11.9 Å². The lowest BCUT2D eigenvalue weighted by atomic mass is 10.1. The summed E-state index contributed by atoms with van der Waals surface area (Å²) in [5.41, 5.74) is 0.216. The van der Waals surface area contributed by atoms with E-state index < -0.39 is 11.9 Å². The van der Waals surface area contributed by atoms with Gasteiger partial charge in [-0.05, 0) is 12.3 Å². The Morgan fingerprint density at radius 1 is 1.43 bits per heavy atom. The largest absolute Gasteiger partial charge is 0.481 e. The van der Waals surface area contributed by atoms with E-state index in [1.165, 1.54) is 7.11 Å². The third-order valence-electron chi connectivity index (χ3n) is 1.62. The summed E-state index contributed by atoms with van der Waals surface area (Å²) in [5.74, 6) is -1.19. The molecule has 0 spiro atoms. The summed E-state index contributed by atoms with van der Waals surface area (Å²) in [7, 11) is 1.24. The zero-order valence-electron chi connectivity index (χ0n) is 8.74. The van der Waals surface area contributed by atoms with E-state index in [9.17, 15) is 9.59 Å². The lowest BCUT2D eigenvalue weighted by Gasteiger charge is -2.04. The number of methoxy groups -OCH3 is 1. The second-order valence-electron chi connectivity index (χ2n) is 3.42. The summed E-state index contributed by atoms with van der Waals surface area (Å²) in [4.78, 5) is 21.5. The van der Waals surface area contributed by atoms with Crippen LogP contribution in [-0.2, 0) is 14.3 Å². The molecule has 0 fully saturated rings. The molecule has 0 aromatic rings. The Bertz CT molecular complexity index is 241. The third kappa shape index (κ3) is 5.35. The van der Waals surface area contributed by atoms with Crippen LogP contribution in [0.5, 0.6) is 0 Å². The lowest BCUT2D eigenvalue weighted by Crippen LogP contribution is -2.09. The molecule has 0 amide bonds. The van der Waals surface area contributed by atoms with Crippen LogP contribution in [0, 0.1) is 5.92 Å². The smallest absolute Gasteiger partial charge is 0.333 e. The quantitative estimate of drug-likeness (QED) is 0.541. The van der Waals surface area contributed by atoms with Crippen molar-refractivity contribution in [3.63, 3.8) is 0 Å². The van der Waals surface area contributed by atoms with E-state index in [-0.39, 0.29) is 12.0 Å². The van der Waals surface area contributed by atoms with Gasteiger partial charge in [-0.25, -0.2) is 4.79 Å². The van der Waals surface area contributed by atoms with E-state index in [0.717, 1.165) is 0 Å². The first-order valence-corrected chi connectivity index (χ1v) is 4.46. The average Bonchev–Trinajstić information content (AvgIpc) is 2.10. The van der Waals surface area contributed by atoms with Crippen molar-refractivity contribution in [2.24, 2.45) is 5.92 Å². The normalized spacial score (nSPS) is 11.6. The van der Waals surface area contributed by atoms with Crippen molar-refractivity contribution in [3.05, 3.63) is 11.6 Å². The highest BCUT2D eigenvalue weighted by molar-refractivity contribution is 5.93. The second-order valence-corrected chi connectivity index (χ2v) is 3.42. The number of carbonyl (C=O) groups excluding carboxylic acids is 1. The topological polar surface area (TPSA) is 63.6 Å². The van der Waals surface area contributed by atoms with Gasteiger partial charge < -0.3 is 9.84 Å². The number of rotatable bonds is 5. The van der Waals surface area contributed by atoms with E-state index in [1.807, 2.05) is 13.8 Å². The van der Waals surface area contributed by atoms with Gasteiger partial charge in [-0.3, -0.25) is 4.79 Å². The highest BCUT2D eigenvalue weighted by Gasteiger charge is 2.13. The Hall–Kier alpha value is -1.32. The number of allylic oxidation sites excluding steroid dienone is 1. The Kier molecular flexibility index (Phi) is 5.60. The monoisotopic (exact) mass is 200 g/mol. The predicted octanol–water partition coefficient (Wildman–Crippen LogP) is 1.61. The fourth-order valence-electron chi connectivity index (χ4n) is 0.900. The molecule has 0 aliphatic carbocycles. The molecule has 0 bridgehead atoms. The molecule has 0 aromatic carbocycles. The van der Waals surface area contributed by atoms with Gasteiger partial charge in [-0.2, -0.15) is 0 Å². The van der Waals surface area contributed by atoms with Crippen molar-refractivity contribution in [2.75, 3.05) is 7.11 Å². The first kappa shape index (κ1) is 12.7. The zero-order chi connectivity index (χ0) is 11.1. The Labute approximate surface area is 83.6 Å². The predicted molar refractivity (Wildman–Crippen MR) is 51.8 cm³/mol. The van der Waals surface area contributed by atoms with Crippen LogP contribution >= 0.6 is 0 Å². The summed E-state index contributed by atoms with van der Waals surface area (Å²) < 4.78 is 4.47. The Morgan fingerprint density at radius 2 is 2.00 bits per heavy atom. The highest BCUT2D eigenvalue weighted by Crippen LogP contribution is 2.09. The van der Waals surface area contributed by atoms with Gasteiger partial charge in [0.2, 0.25) is 0 Å². The molecule has 0 radical (unpaired) electrons. The van der Waals surface area contributed by atoms with E-state index in [4.69, 9.17) is 5.11 Å². The maximum Gasteiger partial charge on any atom is 0.333 e. The number of carboxylic acid groups (broad SMARTS) is 1. The summed E-state index contributed by atoms with van der Waals surface area (Å²) in [5, 5.41) is 8.54. The van der Waals surface area contributed by atoms with Crippen LogP contribution in [0.3, 0.4) is 0 Å². The van der Waals surface area contributed by atoms with Crippen LogP contribution in [-0.4, -0.2) is 24.2 Å². The number of ether oxygens (including phenoxy) is 1. The molecule has 0 saturated heterocycles. The average molecular weight is 200 g/mol. The van der Waals surface area contributed by atoms with E-state index in [1.54, 1.807) is 6.08 Å². The first-order valence-electron chi connectivity index (χ1n) is 4.46. The first-order chi connectivity index (χ1) is 6.47. The highest BCUT2D eigenvalue weighted by atomic mass is 16.5. The van der Waals surface area contributed by atoms with E-state index >= 15 is 0 Å². The molecule has 80 valence electrons. The molecule has 0 atom stereocenters. The summed E-state index contributed by atoms with van der Waals surface area (Å²) in [6.07, 6.45) is 2.03. The molecule has 0 aliphatic heterocycles. The van der Waals surface area contributed by atoms with E-state index in [2.05, 4.69) is 4.74 Å². The molecular formula is C10H16O4. The fourth-order valence-corrected chi connectivity index (χ4v) is 0.900. The number of hydrogen-bond donors (Lipinski definition) is 1. The van der Waals surface area contributed by atoms with Gasteiger partial charge in [0, 0.05) is 5.57 Å². The molecule has 4 heteroatoms. The van der Waals surface area contributed by atoms with Gasteiger partial charge in [-0.1, -0.05) is 19.9 Å². The van der Waals surface area contributed by atoms with Crippen LogP contribution < -0.4 is 0 Å². The van der Waals surface area contributed by atoms with Crippen molar-refractivity contribution < 1.29 is 19.4 Å². The minimum absolute atomic E-state index is 0.216. The standard InChI is InChI=1S/C10H16O4/c1-7(2)4-5-8(6-9(11)12)10(13)14-3/h5,7H,4,6H2,1-3H3,(H,11,12). The molecule has 0 saturated carbocycles. The van der Waals surface area contributed by atoms with Gasteiger partial charge in [0.15, 0.2) is 0 Å². The molecule has 0 unspecified atom stereocenters. The van der Waals surface area contributed by atoms with Crippen LogP contribution in [0.2, 0.25) is 0 Å². The lowest BCUT2D eigenvalue weighted by molar-refractivity contribution is -0.141. The Morgan fingerprint density at radius 3 is 2.36 bits per heavy atom. The van der Waals surface area contributed by atoms with Crippen LogP contribution in [0.4, 0.5) is 0 Å². The fraction of sp³-hybridized carbons (Fsp3) is 0.600. The number of esters is 1. The minimum atomic E-state index is -1.02. The minimum Gasteiger partial charge on any atom is -0.481 e. The van der Waals surface area contributed by atoms with Crippen LogP contribution in [0.15, 0.2) is 11.6 Å². The molecule has 0 aliphatic rings. The van der Waals surface area contributed by atoms with Crippen molar-refractivity contribution in [3.8, 4) is 0 Å². The van der Waals surface area contributed by atoms with Crippen molar-refractivity contribution in [1.82, 2.24) is 0 Å². The van der Waals surface area contributed by atoms with Gasteiger partial charge in [-0.15, -0.1) is 0 Å². The van der Waals surface area contributed by atoms with Crippen molar-refractivity contribution in [1.29, 1.82) is 0 Å². The molecule has 1 N–H and O–H groups in total. The molecular weight excluding hydrogens is 184 g/mol. The number of carboxylic acids is 1. The zero-order valence-corrected chi connectivity index (χ0v) is 8.74. The Balaban J connectivity index is 4.45. The summed E-state index contributed by atoms with van der Waals surface area (Å²) >= 11 is 0. The van der Waals surface area contributed by atoms with Gasteiger partial charge in [0.1, 0.15) is 0 Å². The molecule has 0 heterocycles. The maximum absolute atomic E-state index is 11.1. The maximum atomic E-state index is 11.1. The molecule has 0 aromatic heterocycles. The summed E-state index contributed by atoms with van der Waals surface area (Å²) in [6.45, 7) is 3.98. The van der Waals surface area contributed by atoms with Crippen molar-refractivity contribution >= 4 is 11.9 Å². The molecule has 4 nitrogen and oxygen atoms in total. The number of aliphatic carboxylic acids is 1. The third-order valence-corrected chi connectivity index (χ3v) is 1.62. The molecule has 0 rings (SSSR count). The van der Waals surface area contributed by atoms with E-state index in [0.29, 0.717) is 12.3 Å². The SMILES string of the molecule is COC(=O)C(=CCC(C)C)CC(=O)O. The van der Waals surface area contributed by atoms with Crippen molar-refractivity contribution in [2.45, 2.75) is 26.7 Å². The van der Waals surface area contributed by atoms with Crippen LogP contribution in [0.25, 0.3) is 0 Å². The summed E-state index contributed by atoms with van der Waals surface area (Å²) in [6, 6.07) is 0. The van der Waals surface area contributed by atoms with Gasteiger partial charge in [0.05, 0.1) is 13.5 Å². The number of hydrogen-bond acceptors (Lipinski definition) is 3. The molecule has 14 heavy (non-hydrogen) atoms. The van der Waals surface area contributed by atoms with Crippen LogP contribution in [0.1, 0.15) is 26.7 Å².